The van der Waals surface area contributed by atoms with Crippen LogP contribution < -0.4 is 9.80 Å². The Morgan fingerprint density at radius 2 is 1.05 bits per heavy atom. The quantitative estimate of drug-likeness (QED) is 0.0969. The number of rotatable bonds is 7. The molecular weight excluding hydrogens is 846 g/mol. The minimum atomic E-state index is -1.02. The van der Waals surface area contributed by atoms with Gasteiger partial charge in [0.1, 0.15) is 23.3 Å². The molecule has 0 N–H and O–H groups in total. The van der Waals surface area contributed by atoms with Gasteiger partial charge < -0.3 is 19.3 Å². The monoisotopic (exact) mass is 893 g/mol. The van der Waals surface area contributed by atoms with Crippen LogP contribution >= 0.6 is 15.9 Å². The number of ether oxygens (including phenoxy) is 2. The maximum atomic E-state index is 13.0. The lowest BCUT2D eigenvalue weighted by atomic mass is 10.0. The summed E-state index contributed by atoms with van der Waals surface area (Å²) in [4.78, 5) is 111. The standard InChI is InChI=1S/C20H24BrN3O5.C20H24N6O5/c1-20(2,3)29-19(28)24-16(25)9-8-15(17(24)26)23-11-10-22(18(23)27)14-6-4-13(12-21)5-7-14;1-20(2,3)31-19(30)26-16(27)9-8-15(17(26)28)25-11-10-24(18(25)29)14-6-4-13(5-7-14)12-22-23-21/h4-7,15H,8-12H2,1-3H3;4-7,15H,8-12H2,1-3H3. The fourth-order valence-electron chi connectivity index (χ4n) is 6.94. The molecule has 4 fully saturated rings. The van der Waals surface area contributed by atoms with Crippen LogP contribution in [0.2, 0.25) is 0 Å². The molecular formula is C40H48BrN9O10. The highest BCUT2D eigenvalue weighted by Gasteiger charge is 2.48. The average Bonchev–Trinajstić information content (AvgIpc) is 3.75. The number of piperidine rings is 2. The molecule has 0 aliphatic carbocycles. The van der Waals surface area contributed by atoms with Gasteiger partial charge in [0.25, 0.3) is 11.8 Å². The van der Waals surface area contributed by atoms with Gasteiger partial charge in [0.15, 0.2) is 0 Å². The van der Waals surface area contributed by atoms with Crippen molar-refractivity contribution >= 4 is 75.2 Å². The molecule has 4 saturated heterocycles. The van der Waals surface area contributed by atoms with Gasteiger partial charge in [0.05, 0.1) is 6.54 Å². The first-order chi connectivity index (χ1) is 28.2. The van der Waals surface area contributed by atoms with Gasteiger partial charge in [-0.25, -0.2) is 19.2 Å². The van der Waals surface area contributed by atoms with Gasteiger partial charge in [0.2, 0.25) is 11.8 Å². The van der Waals surface area contributed by atoms with Crippen molar-refractivity contribution in [2.75, 3.05) is 36.0 Å². The first kappa shape index (κ1) is 45.1. The van der Waals surface area contributed by atoms with Gasteiger partial charge in [-0.2, -0.15) is 9.80 Å². The number of hydrogen-bond donors (Lipinski definition) is 0. The average molecular weight is 895 g/mol. The van der Waals surface area contributed by atoms with E-state index in [0.717, 1.165) is 22.1 Å². The van der Waals surface area contributed by atoms with Crippen LogP contribution in [0.4, 0.5) is 30.6 Å². The van der Waals surface area contributed by atoms with Crippen LogP contribution in [0.15, 0.2) is 53.6 Å². The number of carbonyl (C=O) groups excluding carboxylic acids is 8. The van der Waals surface area contributed by atoms with E-state index < -0.39 is 59.1 Å². The van der Waals surface area contributed by atoms with Crippen molar-refractivity contribution in [3.8, 4) is 0 Å². The Morgan fingerprint density at radius 3 is 1.40 bits per heavy atom. The predicted octanol–water partition coefficient (Wildman–Crippen LogP) is 6.47. The number of urea groups is 2. The minimum absolute atomic E-state index is 0.000619. The van der Waals surface area contributed by atoms with E-state index in [1.165, 1.54) is 14.7 Å². The zero-order valence-electron chi connectivity index (χ0n) is 34.3. The minimum Gasteiger partial charge on any atom is -0.443 e. The van der Waals surface area contributed by atoms with Gasteiger partial charge in [-0.05, 0) is 95.3 Å². The maximum Gasteiger partial charge on any atom is 0.424 e. The number of imide groups is 6. The molecule has 320 valence electrons. The van der Waals surface area contributed by atoms with Crippen molar-refractivity contribution in [3.63, 3.8) is 0 Å². The maximum absolute atomic E-state index is 13.0. The summed E-state index contributed by atoms with van der Waals surface area (Å²) in [5, 5.41) is 4.22. The molecule has 4 aliphatic heterocycles. The number of benzene rings is 2. The fourth-order valence-corrected chi connectivity index (χ4v) is 7.31. The van der Waals surface area contributed by atoms with Crippen LogP contribution in [-0.4, -0.2) is 117 Å². The van der Waals surface area contributed by atoms with E-state index >= 15 is 0 Å². The lowest BCUT2D eigenvalue weighted by molar-refractivity contribution is -0.152. The lowest BCUT2D eigenvalue weighted by Crippen LogP contribution is -2.57. The molecule has 2 aromatic rings. The SMILES string of the molecule is CC(C)(C)OC(=O)N1C(=O)CCC(N2CCN(c3ccc(CBr)cc3)C2=O)C1=O.CC(C)(C)OC(=O)N1C(=O)CCC(N2CCN(c3ccc(CN=[N+]=[N-])cc3)C2=O)C1=O. The molecule has 0 aromatic heterocycles. The van der Waals surface area contributed by atoms with Gasteiger partial charge in [-0.15, -0.1) is 0 Å². The Balaban J connectivity index is 0.000000228. The number of alkyl halides is 1. The summed E-state index contributed by atoms with van der Waals surface area (Å²) in [6.45, 7) is 11.5. The second-order valence-electron chi connectivity index (χ2n) is 16.3. The predicted molar refractivity (Wildman–Crippen MR) is 219 cm³/mol. The summed E-state index contributed by atoms with van der Waals surface area (Å²) in [7, 11) is 0. The van der Waals surface area contributed by atoms with Gasteiger partial charge in [0, 0.05) is 60.6 Å². The van der Waals surface area contributed by atoms with Gasteiger partial charge in [-0.3, -0.25) is 29.0 Å². The molecule has 0 radical (unpaired) electrons. The first-order valence-corrected chi connectivity index (χ1v) is 20.5. The van der Waals surface area contributed by atoms with Crippen LogP contribution in [0.3, 0.4) is 0 Å². The van der Waals surface area contributed by atoms with Crippen LogP contribution in [0.1, 0.15) is 78.4 Å². The van der Waals surface area contributed by atoms with Crippen molar-refractivity contribution in [1.82, 2.24) is 19.6 Å². The normalized spacial score (nSPS) is 20.0. The van der Waals surface area contributed by atoms with Crippen molar-refractivity contribution in [2.45, 2.75) is 102 Å². The van der Waals surface area contributed by atoms with E-state index in [4.69, 9.17) is 15.0 Å². The summed E-state index contributed by atoms with van der Waals surface area (Å²) in [6, 6.07) is 12.1. The first-order valence-electron chi connectivity index (χ1n) is 19.3. The smallest absolute Gasteiger partial charge is 0.424 e. The topological polar surface area (TPSA) is 223 Å². The zero-order valence-corrected chi connectivity index (χ0v) is 35.9. The Bertz CT molecular complexity index is 2080. The van der Waals surface area contributed by atoms with Crippen LogP contribution in [0.25, 0.3) is 10.4 Å². The highest BCUT2D eigenvalue weighted by Crippen LogP contribution is 2.30. The van der Waals surface area contributed by atoms with E-state index in [-0.39, 0.29) is 50.8 Å². The molecule has 4 heterocycles. The molecule has 0 spiro atoms. The Hall–Kier alpha value is -6.01. The van der Waals surface area contributed by atoms with Crippen molar-refractivity contribution < 1.29 is 47.8 Å². The highest BCUT2D eigenvalue weighted by molar-refractivity contribution is 9.08. The lowest BCUT2D eigenvalue weighted by Gasteiger charge is -2.34. The molecule has 60 heavy (non-hydrogen) atoms. The summed E-state index contributed by atoms with van der Waals surface area (Å²) < 4.78 is 10.4. The van der Waals surface area contributed by atoms with Crippen molar-refractivity contribution in [1.29, 1.82) is 0 Å². The van der Waals surface area contributed by atoms with E-state index in [0.29, 0.717) is 35.1 Å². The summed E-state index contributed by atoms with van der Waals surface area (Å²) in [5.41, 5.74) is 9.98. The molecule has 2 aromatic carbocycles. The third-order valence-electron chi connectivity index (χ3n) is 9.73. The molecule has 0 saturated carbocycles. The third kappa shape index (κ3) is 10.4. The second-order valence-corrected chi connectivity index (χ2v) is 16.9. The van der Waals surface area contributed by atoms with E-state index in [9.17, 15) is 38.4 Å². The highest BCUT2D eigenvalue weighted by atomic mass is 79.9. The van der Waals surface area contributed by atoms with Gasteiger partial charge in [-0.1, -0.05) is 45.3 Å². The molecule has 6 rings (SSSR count). The molecule has 0 bridgehead atoms. The largest absolute Gasteiger partial charge is 0.443 e. The summed E-state index contributed by atoms with van der Waals surface area (Å²) >= 11 is 3.39. The van der Waals surface area contributed by atoms with E-state index in [1.807, 2.05) is 24.3 Å². The Morgan fingerprint density at radius 1 is 0.667 bits per heavy atom. The van der Waals surface area contributed by atoms with Crippen LogP contribution in [-0.2, 0) is 40.5 Å². The number of likely N-dealkylation sites (tertiary alicyclic amines) is 2. The van der Waals surface area contributed by atoms with Crippen LogP contribution in [0, 0.1) is 0 Å². The van der Waals surface area contributed by atoms with Crippen molar-refractivity contribution in [2.24, 2.45) is 5.11 Å². The Kier molecular flexibility index (Phi) is 13.9. The summed E-state index contributed by atoms with van der Waals surface area (Å²) in [5.74, 6) is -2.69. The van der Waals surface area contributed by atoms with E-state index in [1.54, 1.807) is 70.7 Å². The number of amides is 10. The van der Waals surface area contributed by atoms with Crippen molar-refractivity contribution in [3.05, 3.63) is 70.1 Å². The Labute approximate surface area is 355 Å². The number of hydrogen-bond acceptors (Lipinski definition) is 11. The fraction of sp³-hybridized carbons (Fsp3) is 0.500. The number of azide groups is 1. The number of halogens is 1. The third-order valence-corrected chi connectivity index (χ3v) is 10.4. The molecule has 10 amide bonds. The molecule has 2 atom stereocenters. The number of carbonyl (C=O) groups is 8. The zero-order chi connectivity index (χ0) is 44.1. The van der Waals surface area contributed by atoms with Crippen LogP contribution in [0.5, 0.6) is 0 Å². The van der Waals surface area contributed by atoms with Gasteiger partial charge >= 0.3 is 24.2 Å². The number of anilines is 2. The second kappa shape index (κ2) is 18.5. The molecule has 19 nitrogen and oxygen atoms in total. The van der Waals surface area contributed by atoms with E-state index in [2.05, 4.69) is 26.0 Å². The molecule has 4 aliphatic rings. The number of nitrogens with zero attached hydrogens (tertiary/aromatic N) is 9. The molecule has 20 heteroatoms. The summed E-state index contributed by atoms with van der Waals surface area (Å²) in [6.07, 6.45) is -1.70. The molecule has 2 unspecified atom stereocenters.